The highest BCUT2D eigenvalue weighted by atomic mass is 16.5. The molecule has 1 aromatic rings. The van der Waals surface area contributed by atoms with E-state index in [1.165, 1.54) is 12.8 Å². The summed E-state index contributed by atoms with van der Waals surface area (Å²) in [4.78, 5) is 23.4. The summed E-state index contributed by atoms with van der Waals surface area (Å²) in [6, 6.07) is 8.23. The normalized spacial score (nSPS) is 20.6. The smallest absolute Gasteiger partial charge is 0.236 e. The molecule has 1 aromatic carbocycles. The minimum Gasteiger partial charge on any atom is -0.493 e. The average molecular weight is 430 g/mol. The summed E-state index contributed by atoms with van der Waals surface area (Å²) in [6.45, 7) is 8.14. The van der Waals surface area contributed by atoms with Gasteiger partial charge in [-0.3, -0.25) is 14.7 Å². The van der Waals surface area contributed by atoms with Crippen molar-refractivity contribution in [2.75, 3.05) is 72.7 Å². The second kappa shape index (κ2) is 10.8. The predicted octanol–water partition coefficient (Wildman–Crippen LogP) is 1.03. The van der Waals surface area contributed by atoms with E-state index in [1.807, 2.05) is 30.1 Å². The molecule has 3 aliphatic rings. The van der Waals surface area contributed by atoms with Gasteiger partial charge in [0.15, 0.2) is 5.96 Å². The van der Waals surface area contributed by atoms with Crippen LogP contribution in [0.3, 0.4) is 0 Å². The molecule has 0 atom stereocenters. The zero-order valence-electron chi connectivity index (χ0n) is 18.6. The Morgan fingerprint density at radius 3 is 2.55 bits per heavy atom. The van der Waals surface area contributed by atoms with Gasteiger partial charge in [0, 0.05) is 58.4 Å². The molecule has 3 fully saturated rings. The van der Waals surface area contributed by atoms with E-state index in [4.69, 9.17) is 9.47 Å². The number of morpholine rings is 1. The maximum absolute atomic E-state index is 12.5. The molecular formula is C23H35N5O3. The van der Waals surface area contributed by atoms with Gasteiger partial charge in [-0.1, -0.05) is 18.2 Å². The summed E-state index contributed by atoms with van der Waals surface area (Å²) in [6.07, 6.45) is 2.58. The number of piperazine rings is 1. The lowest BCUT2D eigenvalue weighted by Crippen LogP contribution is -2.54. The summed E-state index contributed by atoms with van der Waals surface area (Å²) in [5.41, 5.74) is 1.15. The highest BCUT2D eigenvalue weighted by Gasteiger charge is 2.25. The van der Waals surface area contributed by atoms with E-state index >= 15 is 0 Å². The molecule has 0 unspecified atom stereocenters. The van der Waals surface area contributed by atoms with Crippen LogP contribution in [-0.2, 0) is 16.1 Å². The van der Waals surface area contributed by atoms with Crippen molar-refractivity contribution in [2.45, 2.75) is 19.4 Å². The second-order valence-electron chi connectivity index (χ2n) is 8.52. The van der Waals surface area contributed by atoms with Crippen molar-refractivity contribution < 1.29 is 14.3 Å². The molecule has 2 heterocycles. The van der Waals surface area contributed by atoms with Gasteiger partial charge in [-0.25, -0.2) is 0 Å². The lowest BCUT2D eigenvalue weighted by Gasteiger charge is -2.37. The van der Waals surface area contributed by atoms with E-state index in [0.717, 1.165) is 56.0 Å². The van der Waals surface area contributed by atoms with Crippen molar-refractivity contribution in [3.63, 3.8) is 0 Å². The number of rotatable bonds is 7. The van der Waals surface area contributed by atoms with Crippen molar-refractivity contribution in [3.8, 4) is 5.75 Å². The SMILES string of the molecule is CN=C(NCc1ccccc1OCC1CC1)N1CCN(CC(=O)N2CCOCC2)CC1. The lowest BCUT2D eigenvalue weighted by atomic mass is 10.2. The van der Waals surface area contributed by atoms with Gasteiger partial charge in [0.1, 0.15) is 5.75 Å². The molecule has 170 valence electrons. The Labute approximate surface area is 185 Å². The summed E-state index contributed by atoms with van der Waals surface area (Å²) < 4.78 is 11.4. The number of amides is 1. The van der Waals surface area contributed by atoms with Gasteiger partial charge in [0.25, 0.3) is 0 Å². The Balaban J connectivity index is 1.23. The molecular weight excluding hydrogens is 394 g/mol. The number of carbonyl (C=O) groups is 1. The second-order valence-corrected chi connectivity index (χ2v) is 8.52. The van der Waals surface area contributed by atoms with Crippen LogP contribution in [-0.4, -0.2) is 99.2 Å². The van der Waals surface area contributed by atoms with Crippen LogP contribution in [0.15, 0.2) is 29.3 Å². The van der Waals surface area contributed by atoms with Gasteiger partial charge in [-0.15, -0.1) is 0 Å². The Morgan fingerprint density at radius 1 is 1.10 bits per heavy atom. The molecule has 1 N–H and O–H groups in total. The third-order valence-electron chi connectivity index (χ3n) is 6.19. The van der Waals surface area contributed by atoms with E-state index in [0.29, 0.717) is 39.4 Å². The average Bonchev–Trinajstić information content (AvgIpc) is 3.65. The number of carbonyl (C=O) groups excluding carboxylic acids is 1. The van der Waals surface area contributed by atoms with E-state index in [2.05, 4.69) is 26.2 Å². The number of nitrogens with zero attached hydrogens (tertiary/aromatic N) is 4. The number of ether oxygens (including phenoxy) is 2. The number of hydrogen-bond donors (Lipinski definition) is 1. The first-order chi connectivity index (χ1) is 15.2. The Morgan fingerprint density at radius 2 is 1.84 bits per heavy atom. The van der Waals surface area contributed by atoms with Crippen LogP contribution in [0, 0.1) is 5.92 Å². The number of benzene rings is 1. The number of aliphatic imine (C=N–C) groups is 1. The Hall–Kier alpha value is -2.32. The van der Waals surface area contributed by atoms with E-state index in [9.17, 15) is 4.79 Å². The van der Waals surface area contributed by atoms with Gasteiger partial charge in [-0.05, 0) is 24.8 Å². The summed E-state index contributed by atoms with van der Waals surface area (Å²) in [5.74, 6) is 2.81. The van der Waals surface area contributed by atoms with Crippen LogP contribution >= 0.6 is 0 Å². The third-order valence-corrected chi connectivity index (χ3v) is 6.19. The molecule has 1 aliphatic carbocycles. The standard InChI is InChI=1S/C23H35N5O3/c1-24-23(25-16-20-4-2-3-5-21(20)31-18-19-6-7-19)28-10-8-26(9-11-28)17-22(29)27-12-14-30-15-13-27/h2-5,19H,6-18H2,1H3,(H,24,25). The van der Waals surface area contributed by atoms with Crippen molar-refractivity contribution in [2.24, 2.45) is 10.9 Å². The maximum Gasteiger partial charge on any atom is 0.236 e. The monoisotopic (exact) mass is 429 g/mol. The van der Waals surface area contributed by atoms with Crippen LogP contribution in [0.1, 0.15) is 18.4 Å². The molecule has 0 radical (unpaired) electrons. The first kappa shape index (κ1) is 21.9. The zero-order valence-corrected chi connectivity index (χ0v) is 18.6. The summed E-state index contributed by atoms with van der Waals surface area (Å²) >= 11 is 0. The van der Waals surface area contributed by atoms with Crippen LogP contribution in [0.5, 0.6) is 5.75 Å². The van der Waals surface area contributed by atoms with E-state index in [1.54, 1.807) is 0 Å². The molecule has 8 heteroatoms. The van der Waals surface area contributed by atoms with Crippen LogP contribution < -0.4 is 10.1 Å². The molecule has 8 nitrogen and oxygen atoms in total. The molecule has 0 bridgehead atoms. The molecule has 2 saturated heterocycles. The van der Waals surface area contributed by atoms with Gasteiger partial charge in [0.05, 0.1) is 26.4 Å². The third kappa shape index (κ3) is 6.33. The van der Waals surface area contributed by atoms with Crippen molar-refractivity contribution >= 4 is 11.9 Å². The molecule has 1 amide bonds. The molecule has 4 rings (SSSR count). The first-order valence-electron chi connectivity index (χ1n) is 11.5. The number of hydrogen-bond acceptors (Lipinski definition) is 5. The summed E-state index contributed by atoms with van der Waals surface area (Å²) in [7, 11) is 1.83. The fourth-order valence-electron chi connectivity index (χ4n) is 4.01. The molecule has 2 aliphatic heterocycles. The Bertz CT molecular complexity index is 753. The van der Waals surface area contributed by atoms with Gasteiger partial charge >= 0.3 is 0 Å². The number of nitrogens with one attached hydrogen (secondary N) is 1. The van der Waals surface area contributed by atoms with Gasteiger partial charge in [0.2, 0.25) is 5.91 Å². The van der Waals surface area contributed by atoms with E-state index < -0.39 is 0 Å². The predicted molar refractivity (Wildman–Crippen MR) is 120 cm³/mol. The topological polar surface area (TPSA) is 69.6 Å². The minimum absolute atomic E-state index is 0.210. The molecule has 0 spiro atoms. The fourth-order valence-corrected chi connectivity index (χ4v) is 4.01. The van der Waals surface area contributed by atoms with Crippen LogP contribution in [0.25, 0.3) is 0 Å². The highest BCUT2D eigenvalue weighted by Crippen LogP contribution is 2.30. The number of guanidine groups is 1. The van der Waals surface area contributed by atoms with Crippen LogP contribution in [0.2, 0.25) is 0 Å². The highest BCUT2D eigenvalue weighted by molar-refractivity contribution is 5.80. The van der Waals surface area contributed by atoms with Crippen molar-refractivity contribution in [1.29, 1.82) is 0 Å². The van der Waals surface area contributed by atoms with Crippen LogP contribution in [0.4, 0.5) is 0 Å². The maximum atomic E-state index is 12.5. The van der Waals surface area contributed by atoms with Crippen molar-refractivity contribution in [1.82, 2.24) is 20.0 Å². The molecule has 0 aromatic heterocycles. The van der Waals surface area contributed by atoms with Gasteiger partial charge in [-0.2, -0.15) is 0 Å². The molecule has 1 saturated carbocycles. The largest absolute Gasteiger partial charge is 0.493 e. The number of para-hydroxylation sites is 1. The Kier molecular flexibility index (Phi) is 7.64. The van der Waals surface area contributed by atoms with Crippen molar-refractivity contribution in [3.05, 3.63) is 29.8 Å². The molecule has 31 heavy (non-hydrogen) atoms. The zero-order chi connectivity index (χ0) is 21.5. The van der Waals surface area contributed by atoms with E-state index in [-0.39, 0.29) is 5.91 Å². The summed E-state index contributed by atoms with van der Waals surface area (Å²) in [5, 5.41) is 3.49. The first-order valence-corrected chi connectivity index (χ1v) is 11.5. The lowest BCUT2D eigenvalue weighted by molar-refractivity contribution is -0.136. The van der Waals surface area contributed by atoms with Gasteiger partial charge < -0.3 is 24.6 Å². The minimum atomic E-state index is 0.210. The quantitative estimate of drug-likeness (QED) is 0.516. The fraction of sp³-hybridized carbons (Fsp3) is 0.652.